The van der Waals surface area contributed by atoms with Gasteiger partial charge in [0.25, 0.3) is 0 Å². The smallest absolute Gasteiger partial charge is 0.303 e. The van der Waals surface area contributed by atoms with Crippen molar-refractivity contribution < 1.29 is 47.4 Å². The van der Waals surface area contributed by atoms with Crippen molar-refractivity contribution in [1.82, 2.24) is 0 Å². The van der Waals surface area contributed by atoms with E-state index < -0.39 is 60.4 Å². The molecule has 62 heavy (non-hydrogen) atoms. The SMILES string of the molecule is CO[C@H]1O[C@@H]2COC(c3ccccc3)O[C@H]2[C@H](S[C@H]2C[C@H](COCc3ccccc3)[C@@H](OCc3ccccc3)[C@H](OCc3ccccc3)[C@H]2OCc2ccccc2)[C@@H]1OC(C)=O. The zero-order valence-electron chi connectivity index (χ0n) is 35.2. The number of benzene rings is 5. The molecule has 0 aromatic heterocycles. The second kappa shape index (κ2) is 22.3. The highest BCUT2D eigenvalue weighted by Gasteiger charge is 2.55. The van der Waals surface area contributed by atoms with Crippen molar-refractivity contribution in [3.05, 3.63) is 179 Å². The van der Waals surface area contributed by atoms with Crippen LogP contribution in [0.25, 0.3) is 0 Å². The molecule has 326 valence electrons. The van der Waals surface area contributed by atoms with Crippen molar-refractivity contribution >= 4 is 17.7 Å². The third kappa shape index (κ3) is 11.6. The number of rotatable bonds is 18. The number of thioether (sulfide) groups is 1. The Bertz CT molecular complexity index is 2060. The normalized spacial score (nSPS) is 28.5. The van der Waals surface area contributed by atoms with Crippen LogP contribution in [0.5, 0.6) is 0 Å². The number of carbonyl (C=O) groups is 1. The van der Waals surface area contributed by atoms with Gasteiger partial charge >= 0.3 is 5.97 Å². The Morgan fingerprint density at radius 3 is 1.65 bits per heavy atom. The van der Waals surface area contributed by atoms with Crippen molar-refractivity contribution in [3.63, 3.8) is 0 Å². The summed E-state index contributed by atoms with van der Waals surface area (Å²) in [5.74, 6) is -0.562. The summed E-state index contributed by atoms with van der Waals surface area (Å²) in [7, 11) is 1.56. The first kappa shape index (κ1) is 44.2. The summed E-state index contributed by atoms with van der Waals surface area (Å²) in [5.41, 5.74) is 5.11. The van der Waals surface area contributed by atoms with E-state index in [9.17, 15) is 4.79 Å². The Balaban J connectivity index is 1.17. The highest BCUT2D eigenvalue weighted by atomic mass is 32.2. The van der Waals surface area contributed by atoms with Crippen LogP contribution in [0.4, 0.5) is 0 Å². The Hall–Kier alpha value is -4.40. The van der Waals surface area contributed by atoms with Crippen LogP contribution in [-0.4, -0.2) is 79.7 Å². The zero-order chi connectivity index (χ0) is 42.5. The standard InChI is InChI=1S/C51H56O10S/c1-35(52)59-48-49(45-42(60-51(48)53-2)34-58-50(61-45)40-26-16-7-17-27-40)62-43-28-41(33-54-29-36-18-8-3-9-19-36)44(55-30-37-20-10-4-11-21-37)47(57-32-39-24-14-6-15-25-39)46(43)56-31-38-22-12-5-13-23-38/h3-27,41-51H,28-34H2,1-2H3/t41-,42-,43+,44-,45-,46+,47+,48+,49+,50?,51+/m1/s1. The summed E-state index contributed by atoms with van der Waals surface area (Å²) >= 11 is 1.68. The molecular weight excluding hydrogens is 805 g/mol. The highest BCUT2D eigenvalue weighted by molar-refractivity contribution is 8.00. The third-order valence-corrected chi connectivity index (χ3v) is 13.2. The first-order valence-corrected chi connectivity index (χ1v) is 22.4. The lowest BCUT2D eigenvalue weighted by Crippen LogP contribution is -2.63. The van der Waals surface area contributed by atoms with Crippen molar-refractivity contribution in [1.29, 1.82) is 0 Å². The first-order chi connectivity index (χ1) is 30.5. The van der Waals surface area contributed by atoms with Gasteiger partial charge in [-0.3, -0.25) is 4.79 Å². The second-order valence-corrected chi connectivity index (χ2v) is 17.4. The summed E-state index contributed by atoms with van der Waals surface area (Å²) in [6.45, 7) is 3.62. The van der Waals surface area contributed by atoms with Crippen LogP contribution >= 0.6 is 11.8 Å². The molecule has 1 saturated carbocycles. The van der Waals surface area contributed by atoms with Gasteiger partial charge in [0.2, 0.25) is 0 Å². The van der Waals surface area contributed by atoms with Crippen LogP contribution in [0.15, 0.2) is 152 Å². The van der Waals surface area contributed by atoms with Crippen molar-refractivity contribution in [2.75, 3.05) is 20.3 Å². The largest absolute Gasteiger partial charge is 0.456 e. The summed E-state index contributed by atoms with van der Waals surface area (Å²) in [5, 5.41) is -0.671. The lowest BCUT2D eigenvalue weighted by Gasteiger charge is -2.51. The molecule has 0 bridgehead atoms. The molecule has 0 N–H and O–H groups in total. The monoisotopic (exact) mass is 860 g/mol. The van der Waals surface area contributed by atoms with Crippen LogP contribution in [-0.2, 0) is 73.9 Å². The van der Waals surface area contributed by atoms with Crippen LogP contribution in [0.2, 0.25) is 0 Å². The third-order valence-electron chi connectivity index (χ3n) is 11.5. The molecule has 10 nitrogen and oxygen atoms in total. The molecule has 1 unspecified atom stereocenters. The predicted molar refractivity (Wildman–Crippen MR) is 236 cm³/mol. The van der Waals surface area contributed by atoms with Crippen LogP contribution < -0.4 is 0 Å². The average molecular weight is 861 g/mol. The van der Waals surface area contributed by atoms with E-state index in [-0.39, 0.29) is 17.8 Å². The quantitative estimate of drug-likeness (QED) is 0.0791. The summed E-state index contributed by atoms with van der Waals surface area (Å²) in [4.78, 5) is 12.9. The van der Waals surface area contributed by atoms with E-state index in [2.05, 4.69) is 48.5 Å². The maximum atomic E-state index is 12.9. The second-order valence-electron chi connectivity index (χ2n) is 15.9. The molecule has 2 saturated heterocycles. The topological polar surface area (TPSA) is 100 Å². The van der Waals surface area contributed by atoms with Crippen molar-refractivity contribution in [2.24, 2.45) is 5.92 Å². The Morgan fingerprint density at radius 2 is 1.11 bits per heavy atom. The van der Waals surface area contributed by atoms with Gasteiger partial charge in [-0.05, 0) is 28.7 Å². The maximum absolute atomic E-state index is 12.9. The fraction of sp³-hybridized carbons (Fsp3) is 0.392. The maximum Gasteiger partial charge on any atom is 0.303 e. The predicted octanol–water partition coefficient (Wildman–Crippen LogP) is 8.87. The molecule has 2 aliphatic heterocycles. The zero-order valence-corrected chi connectivity index (χ0v) is 36.0. The van der Waals surface area contributed by atoms with Crippen molar-refractivity contribution in [3.8, 4) is 0 Å². The van der Waals surface area contributed by atoms with E-state index in [1.165, 1.54) is 6.92 Å². The number of fused-ring (bicyclic) bond motifs is 1. The summed E-state index contributed by atoms with van der Waals surface area (Å²) in [6, 6.07) is 50.6. The molecule has 0 radical (unpaired) electrons. The number of methoxy groups -OCH3 is 1. The van der Waals surface area contributed by atoms with Gasteiger partial charge in [-0.2, -0.15) is 0 Å². The molecule has 5 aromatic carbocycles. The van der Waals surface area contributed by atoms with Crippen LogP contribution in [0, 0.1) is 5.92 Å². The minimum Gasteiger partial charge on any atom is -0.456 e. The molecule has 8 rings (SSSR count). The van der Waals surface area contributed by atoms with Gasteiger partial charge in [0.15, 0.2) is 18.7 Å². The van der Waals surface area contributed by atoms with E-state index in [1.54, 1.807) is 18.9 Å². The van der Waals surface area contributed by atoms with Crippen molar-refractivity contribution in [2.45, 2.75) is 99.5 Å². The molecular formula is C51H56O10S. The van der Waals surface area contributed by atoms with Gasteiger partial charge in [0, 0.05) is 30.8 Å². The molecule has 0 amide bonds. The van der Waals surface area contributed by atoms with E-state index in [0.717, 1.165) is 27.8 Å². The summed E-state index contributed by atoms with van der Waals surface area (Å²) in [6.07, 6.45) is -4.13. The number of ether oxygens (including phenoxy) is 9. The van der Waals surface area contributed by atoms with E-state index >= 15 is 0 Å². The number of hydrogen-bond donors (Lipinski definition) is 0. The van der Waals surface area contributed by atoms with Gasteiger partial charge in [0.05, 0.1) is 57.1 Å². The Kier molecular flexibility index (Phi) is 15.9. The fourth-order valence-corrected chi connectivity index (χ4v) is 10.4. The van der Waals surface area contributed by atoms with Gasteiger partial charge in [-0.1, -0.05) is 152 Å². The van der Waals surface area contributed by atoms with Gasteiger partial charge in [-0.15, -0.1) is 11.8 Å². The Labute approximate surface area is 369 Å². The number of hydrogen-bond acceptors (Lipinski definition) is 11. The molecule has 11 atom stereocenters. The molecule has 1 aliphatic carbocycles. The average Bonchev–Trinajstić information content (AvgIpc) is 3.32. The summed E-state index contributed by atoms with van der Waals surface area (Å²) < 4.78 is 59.4. The van der Waals surface area contributed by atoms with Crippen LogP contribution in [0.1, 0.15) is 47.5 Å². The highest BCUT2D eigenvalue weighted by Crippen LogP contribution is 2.47. The minimum absolute atomic E-state index is 0.119. The molecule has 2 heterocycles. The van der Waals surface area contributed by atoms with E-state index in [0.29, 0.717) is 39.5 Å². The van der Waals surface area contributed by atoms with Gasteiger partial charge in [0.1, 0.15) is 18.3 Å². The lowest BCUT2D eigenvalue weighted by atomic mass is 9.82. The molecule has 5 aromatic rings. The van der Waals surface area contributed by atoms with Crippen LogP contribution in [0.3, 0.4) is 0 Å². The molecule has 3 fully saturated rings. The van der Waals surface area contributed by atoms with E-state index in [4.69, 9.17) is 42.6 Å². The van der Waals surface area contributed by atoms with Gasteiger partial charge < -0.3 is 42.6 Å². The van der Waals surface area contributed by atoms with Gasteiger partial charge in [-0.25, -0.2) is 0 Å². The lowest BCUT2D eigenvalue weighted by molar-refractivity contribution is -0.331. The number of carbonyl (C=O) groups excluding carboxylic acids is 1. The first-order valence-electron chi connectivity index (χ1n) is 21.4. The molecule has 11 heteroatoms. The molecule has 0 spiro atoms. The van der Waals surface area contributed by atoms with E-state index in [1.807, 2.05) is 103 Å². The minimum atomic E-state index is -0.859. The Morgan fingerprint density at radius 1 is 0.613 bits per heavy atom. The fourth-order valence-electron chi connectivity index (χ4n) is 8.54. The number of esters is 1. The molecule has 3 aliphatic rings.